The maximum Gasteiger partial charge on any atom is 0.273 e. The van der Waals surface area contributed by atoms with Gasteiger partial charge in [-0.05, 0) is 46.9 Å². The molecule has 1 aliphatic heterocycles. The quantitative estimate of drug-likeness (QED) is 0.183. The summed E-state index contributed by atoms with van der Waals surface area (Å²) in [6, 6.07) is 12.2. The molecule has 0 atom stereocenters. The Morgan fingerprint density at radius 1 is 1.10 bits per heavy atom. The van der Waals surface area contributed by atoms with E-state index in [9.17, 15) is 13.2 Å². The van der Waals surface area contributed by atoms with Crippen LogP contribution in [0.15, 0.2) is 42.5 Å². The first-order valence-electron chi connectivity index (χ1n) is 9.60. The number of nitrogen functional groups attached to an aromatic ring is 1. The molecule has 8 nitrogen and oxygen atoms in total. The molecule has 4 N–H and O–H groups in total. The van der Waals surface area contributed by atoms with Crippen LogP contribution in [0.1, 0.15) is 40.9 Å². The van der Waals surface area contributed by atoms with Crippen LogP contribution in [0.2, 0.25) is 0 Å². The number of rotatable bonds is 9. The van der Waals surface area contributed by atoms with Gasteiger partial charge in [0.2, 0.25) is 0 Å². The fourth-order valence-corrected chi connectivity index (χ4v) is 4.34. The molecule has 0 spiro atoms. The highest BCUT2D eigenvalue weighted by molar-refractivity contribution is 7.85. The van der Waals surface area contributed by atoms with Gasteiger partial charge in [0.1, 0.15) is 12.5 Å². The average Bonchev–Trinajstić information content (AvgIpc) is 3.08. The normalized spacial score (nSPS) is 14.0. The van der Waals surface area contributed by atoms with Crippen molar-refractivity contribution in [2.75, 3.05) is 18.6 Å². The van der Waals surface area contributed by atoms with E-state index in [0.29, 0.717) is 11.1 Å². The van der Waals surface area contributed by atoms with Crippen molar-refractivity contribution in [1.29, 1.82) is 0 Å². The number of benzene rings is 2. The number of nitrogens with two attached hydrogens (primary N) is 1. The van der Waals surface area contributed by atoms with E-state index in [1.54, 1.807) is 12.1 Å². The lowest BCUT2D eigenvalue weighted by atomic mass is 10.1. The molecular weight excluding hydrogens is 404 g/mol. The highest BCUT2D eigenvalue weighted by Crippen LogP contribution is 2.26. The van der Waals surface area contributed by atoms with E-state index >= 15 is 0 Å². The summed E-state index contributed by atoms with van der Waals surface area (Å²) in [5.74, 6) is 5.72. The van der Waals surface area contributed by atoms with Crippen LogP contribution in [0.5, 0.6) is 0 Å². The third-order valence-electron chi connectivity index (χ3n) is 4.74. The number of nitrogens with one attached hydrogen (secondary N) is 2. The Kier molecular flexibility index (Phi) is 7.09. The third-order valence-corrected chi connectivity index (χ3v) is 5.90. The molecule has 1 radical (unpaired) electrons. The van der Waals surface area contributed by atoms with Crippen LogP contribution < -0.4 is 16.6 Å². The van der Waals surface area contributed by atoms with Crippen molar-refractivity contribution in [2.24, 2.45) is 5.84 Å². The van der Waals surface area contributed by atoms with Crippen LogP contribution in [0.3, 0.4) is 0 Å². The summed E-state index contributed by atoms with van der Waals surface area (Å²) < 4.78 is 29.5. The maximum atomic E-state index is 12.2. The predicted octanol–water partition coefficient (Wildman–Crippen LogP) is 2.14. The Bertz CT molecular complexity index is 991. The summed E-state index contributed by atoms with van der Waals surface area (Å²) in [6.07, 6.45) is 0. The summed E-state index contributed by atoms with van der Waals surface area (Å²) in [5, 5.41) is 3.01. The van der Waals surface area contributed by atoms with Gasteiger partial charge in [0.25, 0.3) is 16.0 Å². The minimum Gasteiger partial charge on any atom is -0.362 e. The molecule has 1 aliphatic rings. The number of hydrogen-bond acceptors (Lipinski definition) is 7. The first kappa shape index (κ1) is 22.2. The van der Waals surface area contributed by atoms with Crippen LogP contribution in [0, 0.1) is 5.92 Å². The highest BCUT2D eigenvalue weighted by atomic mass is 32.2. The SMILES string of the molecule is C[C](C)CN1Cc2ccc(NCOS(=O)(=O)Cc3ccc(C(=O)NN)cc3)cc2C1. The highest BCUT2D eigenvalue weighted by Gasteiger charge is 2.20. The third kappa shape index (κ3) is 6.02. The molecule has 161 valence electrons. The van der Waals surface area contributed by atoms with E-state index in [-0.39, 0.29) is 12.5 Å². The first-order chi connectivity index (χ1) is 14.3. The Morgan fingerprint density at radius 3 is 2.47 bits per heavy atom. The van der Waals surface area contributed by atoms with Gasteiger partial charge >= 0.3 is 0 Å². The van der Waals surface area contributed by atoms with Crippen LogP contribution in [-0.2, 0) is 33.1 Å². The lowest BCUT2D eigenvalue weighted by Gasteiger charge is -2.16. The van der Waals surface area contributed by atoms with Crippen molar-refractivity contribution in [3.8, 4) is 0 Å². The molecule has 2 aromatic carbocycles. The number of hydrazine groups is 1. The van der Waals surface area contributed by atoms with Crippen molar-refractivity contribution in [3.05, 3.63) is 70.6 Å². The van der Waals surface area contributed by atoms with Crippen LogP contribution in [0.4, 0.5) is 5.69 Å². The average molecular weight is 432 g/mol. The minimum absolute atomic E-state index is 0.152. The van der Waals surface area contributed by atoms with Crippen LogP contribution in [-0.4, -0.2) is 32.5 Å². The topological polar surface area (TPSA) is 114 Å². The molecule has 0 aromatic heterocycles. The molecule has 0 saturated carbocycles. The van der Waals surface area contributed by atoms with Crippen molar-refractivity contribution in [1.82, 2.24) is 10.3 Å². The lowest BCUT2D eigenvalue weighted by Crippen LogP contribution is -2.29. The van der Waals surface area contributed by atoms with Crippen LogP contribution >= 0.6 is 0 Å². The summed E-state index contributed by atoms with van der Waals surface area (Å²) in [4.78, 5) is 13.8. The summed E-state index contributed by atoms with van der Waals surface area (Å²) >= 11 is 0. The Balaban J connectivity index is 1.51. The second kappa shape index (κ2) is 9.57. The second-order valence-electron chi connectivity index (χ2n) is 7.65. The van der Waals surface area contributed by atoms with Gasteiger partial charge in [-0.1, -0.05) is 32.0 Å². The molecule has 0 aliphatic carbocycles. The Labute approximate surface area is 177 Å². The molecule has 0 unspecified atom stereocenters. The molecule has 1 heterocycles. The number of carbonyl (C=O) groups excluding carboxylic acids is 1. The van der Waals surface area contributed by atoms with Gasteiger partial charge in [-0.15, -0.1) is 0 Å². The van der Waals surface area contributed by atoms with Gasteiger partial charge in [0.05, 0.1) is 0 Å². The van der Waals surface area contributed by atoms with E-state index in [4.69, 9.17) is 10.0 Å². The largest absolute Gasteiger partial charge is 0.362 e. The van der Waals surface area contributed by atoms with Gasteiger partial charge in [-0.2, -0.15) is 8.42 Å². The van der Waals surface area contributed by atoms with Crippen molar-refractivity contribution in [3.63, 3.8) is 0 Å². The molecule has 9 heteroatoms. The number of anilines is 1. The van der Waals surface area contributed by atoms with E-state index in [1.165, 1.54) is 29.2 Å². The predicted molar refractivity (Wildman–Crippen MR) is 115 cm³/mol. The fraction of sp³-hybridized carbons (Fsp3) is 0.333. The molecule has 0 fully saturated rings. The van der Waals surface area contributed by atoms with E-state index in [1.807, 2.05) is 17.6 Å². The monoisotopic (exact) mass is 431 g/mol. The molecule has 1 amide bonds. The zero-order chi connectivity index (χ0) is 21.7. The summed E-state index contributed by atoms with van der Waals surface area (Å²) in [5.41, 5.74) is 6.25. The van der Waals surface area contributed by atoms with Gasteiger partial charge in [-0.25, -0.2) is 10.0 Å². The van der Waals surface area contributed by atoms with Gasteiger partial charge in [-0.3, -0.25) is 15.1 Å². The number of hydrogen-bond donors (Lipinski definition) is 3. The zero-order valence-corrected chi connectivity index (χ0v) is 18.0. The number of amides is 1. The molecule has 30 heavy (non-hydrogen) atoms. The number of carbonyl (C=O) groups is 1. The second-order valence-corrected chi connectivity index (χ2v) is 9.29. The molecule has 2 aromatic rings. The first-order valence-corrected chi connectivity index (χ1v) is 11.2. The van der Waals surface area contributed by atoms with Crippen molar-refractivity contribution < 1.29 is 17.4 Å². The zero-order valence-electron chi connectivity index (χ0n) is 17.1. The molecular formula is C21H27N4O4S. The van der Waals surface area contributed by atoms with Crippen LogP contribution in [0.25, 0.3) is 0 Å². The fourth-order valence-electron chi connectivity index (χ4n) is 3.42. The molecule has 0 bridgehead atoms. The minimum atomic E-state index is -3.78. The summed E-state index contributed by atoms with van der Waals surface area (Å²) in [7, 11) is -3.78. The van der Waals surface area contributed by atoms with Crippen molar-refractivity contribution >= 4 is 21.7 Å². The van der Waals surface area contributed by atoms with E-state index in [2.05, 4.69) is 30.1 Å². The Morgan fingerprint density at radius 2 is 1.80 bits per heavy atom. The van der Waals surface area contributed by atoms with Crippen molar-refractivity contribution in [2.45, 2.75) is 32.7 Å². The molecule has 3 rings (SSSR count). The number of fused-ring (bicyclic) bond motifs is 1. The van der Waals surface area contributed by atoms with E-state index in [0.717, 1.165) is 25.3 Å². The maximum absolute atomic E-state index is 12.2. The summed E-state index contributed by atoms with van der Waals surface area (Å²) in [6.45, 7) is 6.87. The van der Waals surface area contributed by atoms with Gasteiger partial charge < -0.3 is 5.32 Å². The van der Waals surface area contributed by atoms with E-state index < -0.39 is 16.0 Å². The Hall–Kier alpha value is -2.46. The number of nitrogens with zero attached hydrogens (tertiary/aromatic N) is 1. The van der Waals surface area contributed by atoms with Gasteiger partial charge in [0, 0.05) is 30.9 Å². The van der Waals surface area contributed by atoms with Gasteiger partial charge in [0.15, 0.2) is 0 Å². The standard InChI is InChI=1S/C21H27N4O4S/c1-15(2)10-25-11-18-7-8-20(9-19(18)12-25)23-14-29-30(27,28)13-16-3-5-17(6-4-16)21(26)24-22/h3-9,23H,10-14,22H2,1-2H3,(H,24,26). The smallest absolute Gasteiger partial charge is 0.273 e. The molecule has 0 saturated heterocycles. The lowest BCUT2D eigenvalue weighted by molar-refractivity contribution is 0.0953.